The molecule has 1 amide bonds. The highest BCUT2D eigenvalue weighted by molar-refractivity contribution is 5.64. The zero-order chi connectivity index (χ0) is 12.0. The molecule has 0 saturated heterocycles. The minimum absolute atomic E-state index is 0.0574. The number of carboxylic acid groups (broad SMARTS) is 1. The smallest absolute Gasteiger partial charge is 0.404 e. The van der Waals surface area contributed by atoms with E-state index in [-0.39, 0.29) is 12.1 Å². The van der Waals surface area contributed by atoms with Crippen LogP contribution in [0.4, 0.5) is 4.79 Å². The summed E-state index contributed by atoms with van der Waals surface area (Å²) < 4.78 is 0. The van der Waals surface area contributed by atoms with Gasteiger partial charge >= 0.3 is 6.09 Å². The van der Waals surface area contributed by atoms with E-state index >= 15 is 0 Å². The molecule has 4 N–H and O–H groups in total. The number of rotatable bonds is 5. The molecule has 0 aromatic heterocycles. The molecule has 4 heteroatoms. The van der Waals surface area contributed by atoms with Crippen LogP contribution in [0.25, 0.3) is 0 Å². The Labute approximate surface area is 97.6 Å². The maximum Gasteiger partial charge on any atom is 0.404 e. The van der Waals surface area contributed by atoms with Crippen LogP contribution in [-0.2, 0) is 0 Å². The largest absolute Gasteiger partial charge is 0.465 e. The number of amides is 1. The second kappa shape index (κ2) is 6.74. The number of hydrogen-bond donors (Lipinski definition) is 3. The Morgan fingerprint density at radius 3 is 2.56 bits per heavy atom. The summed E-state index contributed by atoms with van der Waals surface area (Å²) in [5.74, 6) is 0.656. The molecule has 16 heavy (non-hydrogen) atoms. The molecular weight excluding hydrogens is 204 g/mol. The Balaban J connectivity index is 2.44. The number of hydrogen-bond acceptors (Lipinski definition) is 2. The Kier molecular flexibility index (Phi) is 5.60. The van der Waals surface area contributed by atoms with E-state index in [9.17, 15) is 4.79 Å². The first-order valence-electron chi connectivity index (χ1n) is 6.38. The molecule has 0 aliphatic heterocycles. The Morgan fingerprint density at radius 2 is 2.06 bits per heavy atom. The van der Waals surface area contributed by atoms with Crippen LogP contribution in [0.15, 0.2) is 0 Å². The maximum absolute atomic E-state index is 10.7. The van der Waals surface area contributed by atoms with E-state index in [0.717, 1.165) is 12.8 Å². The van der Waals surface area contributed by atoms with Crippen LogP contribution in [0.5, 0.6) is 0 Å². The molecule has 0 heterocycles. The molecule has 0 aromatic rings. The third-order valence-electron chi connectivity index (χ3n) is 3.61. The van der Waals surface area contributed by atoms with Crippen LogP contribution in [0.3, 0.4) is 0 Å². The van der Waals surface area contributed by atoms with Crippen LogP contribution in [0.1, 0.15) is 51.9 Å². The highest BCUT2D eigenvalue weighted by atomic mass is 16.4. The first-order chi connectivity index (χ1) is 7.63. The van der Waals surface area contributed by atoms with Crippen LogP contribution in [-0.4, -0.2) is 23.3 Å². The molecule has 1 rings (SSSR count). The SMILES string of the molecule is CCC(N)C(CC1CCCCC1)NC(=O)O. The van der Waals surface area contributed by atoms with Crippen molar-refractivity contribution < 1.29 is 9.90 Å². The van der Waals surface area contributed by atoms with Gasteiger partial charge in [-0.15, -0.1) is 0 Å². The quantitative estimate of drug-likeness (QED) is 0.676. The molecule has 0 spiro atoms. The third-order valence-corrected chi connectivity index (χ3v) is 3.61. The van der Waals surface area contributed by atoms with Crippen LogP contribution >= 0.6 is 0 Å². The van der Waals surface area contributed by atoms with Gasteiger partial charge in [-0.05, 0) is 18.8 Å². The average Bonchev–Trinajstić information content (AvgIpc) is 2.28. The highest BCUT2D eigenvalue weighted by Gasteiger charge is 2.23. The summed E-state index contributed by atoms with van der Waals surface area (Å²) in [6.07, 6.45) is 7.12. The summed E-state index contributed by atoms with van der Waals surface area (Å²) in [5, 5.41) is 11.4. The molecule has 0 bridgehead atoms. The molecule has 1 saturated carbocycles. The van der Waals surface area contributed by atoms with Crippen molar-refractivity contribution in [2.24, 2.45) is 11.7 Å². The average molecular weight is 228 g/mol. The third kappa shape index (κ3) is 4.39. The monoisotopic (exact) mass is 228 g/mol. The van der Waals surface area contributed by atoms with E-state index in [0.29, 0.717) is 5.92 Å². The van der Waals surface area contributed by atoms with Crippen molar-refractivity contribution in [2.75, 3.05) is 0 Å². The van der Waals surface area contributed by atoms with Crippen molar-refractivity contribution in [2.45, 2.75) is 64.0 Å². The lowest BCUT2D eigenvalue weighted by Crippen LogP contribution is -2.48. The minimum Gasteiger partial charge on any atom is -0.465 e. The van der Waals surface area contributed by atoms with Gasteiger partial charge in [-0.3, -0.25) is 0 Å². The summed E-state index contributed by atoms with van der Waals surface area (Å²) >= 11 is 0. The summed E-state index contributed by atoms with van der Waals surface area (Å²) in [4.78, 5) is 10.7. The van der Waals surface area contributed by atoms with Gasteiger partial charge in [-0.1, -0.05) is 39.0 Å². The predicted octanol–water partition coefficient (Wildman–Crippen LogP) is 2.33. The van der Waals surface area contributed by atoms with Crippen molar-refractivity contribution in [3.8, 4) is 0 Å². The van der Waals surface area contributed by atoms with Gasteiger partial charge in [0.1, 0.15) is 0 Å². The van der Waals surface area contributed by atoms with E-state index < -0.39 is 6.09 Å². The molecule has 2 atom stereocenters. The lowest BCUT2D eigenvalue weighted by atomic mass is 9.83. The standard InChI is InChI=1S/C12H24N2O2/c1-2-10(13)11(14-12(15)16)8-9-6-4-3-5-7-9/h9-11,14H,2-8,13H2,1H3,(H,15,16). The fourth-order valence-corrected chi connectivity index (χ4v) is 2.57. The fraction of sp³-hybridized carbons (Fsp3) is 0.917. The Morgan fingerprint density at radius 1 is 1.44 bits per heavy atom. The fourth-order valence-electron chi connectivity index (χ4n) is 2.57. The second-order valence-electron chi connectivity index (χ2n) is 4.87. The van der Waals surface area contributed by atoms with Gasteiger partial charge in [0.15, 0.2) is 0 Å². The summed E-state index contributed by atoms with van der Waals surface area (Å²) in [5.41, 5.74) is 5.96. The van der Waals surface area contributed by atoms with E-state index in [1.165, 1.54) is 32.1 Å². The zero-order valence-corrected chi connectivity index (χ0v) is 10.1. The molecule has 0 radical (unpaired) electrons. The van der Waals surface area contributed by atoms with Crippen LogP contribution in [0.2, 0.25) is 0 Å². The maximum atomic E-state index is 10.7. The van der Waals surface area contributed by atoms with E-state index in [4.69, 9.17) is 10.8 Å². The van der Waals surface area contributed by atoms with Gasteiger partial charge in [0.2, 0.25) is 0 Å². The van der Waals surface area contributed by atoms with Crippen molar-refractivity contribution in [3.05, 3.63) is 0 Å². The van der Waals surface area contributed by atoms with Crippen molar-refractivity contribution in [1.29, 1.82) is 0 Å². The molecule has 1 aliphatic rings. The predicted molar refractivity (Wildman–Crippen MR) is 64.4 cm³/mol. The number of nitrogens with two attached hydrogens (primary N) is 1. The number of nitrogens with one attached hydrogen (secondary N) is 1. The topological polar surface area (TPSA) is 75.3 Å². The molecule has 0 aromatic carbocycles. The molecule has 1 fully saturated rings. The second-order valence-corrected chi connectivity index (χ2v) is 4.87. The Bertz CT molecular complexity index is 215. The highest BCUT2D eigenvalue weighted by Crippen LogP contribution is 2.28. The normalized spacial score (nSPS) is 21.4. The van der Waals surface area contributed by atoms with Gasteiger partial charge in [-0.2, -0.15) is 0 Å². The van der Waals surface area contributed by atoms with Gasteiger partial charge < -0.3 is 16.2 Å². The summed E-state index contributed by atoms with van der Waals surface area (Å²) in [7, 11) is 0. The van der Waals surface area contributed by atoms with Crippen LogP contribution < -0.4 is 11.1 Å². The molecule has 1 aliphatic carbocycles. The van der Waals surface area contributed by atoms with Crippen LogP contribution in [0, 0.1) is 5.92 Å². The van der Waals surface area contributed by atoms with Crippen molar-refractivity contribution in [1.82, 2.24) is 5.32 Å². The lowest BCUT2D eigenvalue weighted by Gasteiger charge is -2.29. The van der Waals surface area contributed by atoms with Crippen molar-refractivity contribution in [3.63, 3.8) is 0 Å². The molecule has 2 unspecified atom stereocenters. The van der Waals surface area contributed by atoms with E-state index in [1.807, 2.05) is 6.92 Å². The summed E-state index contributed by atoms with van der Waals surface area (Å²) in [6.45, 7) is 2.00. The van der Waals surface area contributed by atoms with E-state index in [2.05, 4.69) is 5.32 Å². The Hall–Kier alpha value is -0.770. The van der Waals surface area contributed by atoms with Gasteiger partial charge in [0.25, 0.3) is 0 Å². The first-order valence-corrected chi connectivity index (χ1v) is 6.38. The van der Waals surface area contributed by atoms with Gasteiger partial charge in [-0.25, -0.2) is 4.79 Å². The zero-order valence-electron chi connectivity index (χ0n) is 10.1. The molecular formula is C12H24N2O2. The first kappa shape index (κ1) is 13.3. The van der Waals surface area contributed by atoms with Crippen molar-refractivity contribution >= 4 is 6.09 Å². The van der Waals surface area contributed by atoms with Gasteiger partial charge in [0, 0.05) is 12.1 Å². The number of carbonyl (C=O) groups is 1. The van der Waals surface area contributed by atoms with E-state index in [1.54, 1.807) is 0 Å². The van der Waals surface area contributed by atoms with Gasteiger partial charge in [0.05, 0.1) is 0 Å². The lowest BCUT2D eigenvalue weighted by molar-refractivity contribution is 0.181. The molecule has 4 nitrogen and oxygen atoms in total. The molecule has 94 valence electrons. The summed E-state index contributed by atoms with van der Waals surface area (Å²) in [6, 6.07) is -0.136. The minimum atomic E-state index is -0.954.